The van der Waals surface area contributed by atoms with E-state index in [9.17, 15) is 0 Å². The van der Waals surface area contributed by atoms with Crippen LogP contribution in [0.2, 0.25) is 0 Å². The Labute approximate surface area is 128 Å². The van der Waals surface area contributed by atoms with Crippen molar-refractivity contribution >= 4 is 33.3 Å². The van der Waals surface area contributed by atoms with Crippen LogP contribution in [-0.2, 0) is 6.54 Å². The molecule has 1 heterocycles. The van der Waals surface area contributed by atoms with Crippen LogP contribution in [0.15, 0.2) is 16.9 Å². The molecule has 2 N–H and O–H groups in total. The summed E-state index contributed by atoms with van der Waals surface area (Å²) in [5, 5.41) is 11.3. The van der Waals surface area contributed by atoms with E-state index in [1.165, 1.54) is 0 Å². The zero-order valence-electron chi connectivity index (χ0n) is 11.5. The fourth-order valence-corrected chi connectivity index (χ4v) is 2.10. The molecule has 0 aliphatic rings. The minimum atomic E-state index is 0.736. The van der Waals surface area contributed by atoms with Gasteiger partial charge in [0.05, 0.1) is 10.7 Å². The molecule has 0 unspecified atom stereocenters. The summed E-state index contributed by atoms with van der Waals surface area (Å²) in [6.07, 6.45) is 5.85. The van der Waals surface area contributed by atoms with Crippen molar-refractivity contribution in [2.75, 3.05) is 33.7 Å². The number of nitrogens with one attached hydrogen (secondary N) is 2. The van der Waals surface area contributed by atoms with Crippen LogP contribution in [0.1, 0.15) is 12.8 Å². The predicted molar refractivity (Wildman–Crippen MR) is 86.3 cm³/mol. The molecule has 0 aliphatic heterocycles. The van der Waals surface area contributed by atoms with Crippen molar-refractivity contribution in [2.24, 2.45) is 0 Å². The van der Waals surface area contributed by atoms with Crippen LogP contribution in [0.3, 0.4) is 0 Å². The second-order valence-corrected chi connectivity index (χ2v) is 5.94. The molecule has 19 heavy (non-hydrogen) atoms. The molecule has 108 valence electrons. The van der Waals surface area contributed by atoms with E-state index in [0.29, 0.717) is 0 Å². The normalized spacial score (nSPS) is 10.7. The van der Waals surface area contributed by atoms with Gasteiger partial charge in [-0.1, -0.05) is 0 Å². The lowest BCUT2D eigenvalue weighted by Crippen LogP contribution is -2.37. The quantitative estimate of drug-likeness (QED) is 0.550. The first-order chi connectivity index (χ1) is 9.08. The van der Waals surface area contributed by atoms with Crippen molar-refractivity contribution in [2.45, 2.75) is 19.4 Å². The number of nitrogens with zero attached hydrogens (tertiary/aromatic N) is 3. The second kappa shape index (κ2) is 9.28. The largest absolute Gasteiger partial charge is 0.363 e. The lowest BCUT2D eigenvalue weighted by Gasteiger charge is -2.12. The van der Waals surface area contributed by atoms with Crippen molar-refractivity contribution in [1.29, 1.82) is 0 Å². The minimum absolute atomic E-state index is 0.736. The van der Waals surface area contributed by atoms with E-state index in [-0.39, 0.29) is 0 Å². The van der Waals surface area contributed by atoms with Gasteiger partial charge in [0.25, 0.3) is 0 Å². The molecule has 0 atom stereocenters. The van der Waals surface area contributed by atoms with Gasteiger partial charge in [0.1, 0.15) is 0 Å². The van der Waals surface area contributed by atoms with Gasteiger partial charge in [0.2, 0.25) is 0 Å². The molecule has 0 fully saturated rings. The molecule has 0 saturated carbocycles. The molecule has 7 heteroatoms. The van der Waals surface area contributed by atoms with Crippen LogP contribution in [0, 0.1) is 0 Å². The maximum absolute atomic E-state index is 5.20. The summed E-state index contributed by atoms with van der Waals surface area (Å²) in [7, 11) is 4.15. The zero-order chi connectivity index (χ0) is 14.1. The molecule has 0 aliphatic carbocycles. The number of thiocarbonyl (C=S) groups is 1. The topological polar surface area (TPSA) is 45.1 Å². The minimum Gasteiger partial charge on any atom is -0.363 e. The number of hydrogen-bond acceptors (Lipinski definition) is 3. The first-order valence-corrected chi connectivity index (χ1v) is 7.62. The van der Waals surface area contributed by atoms with E-state index < -0.39 is 0 Å². The Kier molecular flexibility index (Phi) is 8.00. The fraction of sp³-hybridized carbons (Fsp3) is 0.667. The highest BCUT2D eigenvalue weighted by Crippen LogP contribution is 2.06. The van der Waals surface area contributed by atoms with E-state index >= 15 is 0 Å². The van der Waals surface area contributed by atoms with E-state index in [0.717, 1.165) is 48.6 Å². The first kappa shape index (κ1) is 16.4. The maximum Gasteiger partial charge on any atom is 0.166 e. The standard InChI is InChI=1S/C12H22BrN5S/c1-17(2)7-3-5-14-12(19)15-6-4-8-18-10-11(13)9-16-18/h9-10H,3-8H2,1-2H3,(H2,14,15,19). The molecule has 5 nitrogen and oxygen atoms in total. The molecule has 0 radical (unpaired) electrons. The molecular weight excluding hydrogens is 326 g/mol. The number of hydrogen-bond donors (Lipinski definition) is 2. The molecule has 0 amide bonds. The van der Waals surface area contributed by atoms with E-state index in [1.807, 2.05) is 10.9 Å². The first-order valence-electron chi connectivity index (χ1n) is 6.42. The highest BCUT2D eigenvalue weighted by atomic mass is 79.9. The fourth-order valence-electron chi connectivity index (χ4n) is 1.56. The number of halogens is 1. The third kappa shape index (κ3) is 8.18. The van der Waals surface area contributed by atoms with E-state index in [4.69, 9.17) is 12.2 Å². The van der Waals surface area contributed by atoms with Crippen molar-refractivity contribution in [1.82, 2.24) is 25.3 Å². The van der Waals surface area contributed by atoms with Gasteiger partial charge in [0.15, 0.2) is 5.11 Å². The molecular formula is C12H22BrN5S. The summed E-state index contributed by atoms with van der Waals surface area (Å²) in [6.45, 7) is 3.73. The monoisotopic (exact) mass is 347 g/mol. The summed E-state index contributed by atoms with van der Waals surface area (Å²) in [4.78, 5) is 2.17. The number of rotatable bonds is 8. The lowest BCUT2D eigenvalue weighted by atomic mass is 10.4. The van der Waals surface area contributed by atoms with Gasteiger partial charge in [-0.2, -0.15) is 5.10 Å². The third-order valence-corrected chi connectivity index (χ3v) is 3.22. The van der Waals surface area contributed by atoms with Crippen molar-refractivity contribution in [3.63, 3.8) is 0 Å². The molecule has 0 saturated heterocycles. The van der Waals surface area contributed by atoms with E-state index in [1.54, 1.807) is 6.20 Å². The zero-order valence-corrected chi connectivity index (χ0v) is 13.9. The summed E-state index contributed by atoms with van der Waals surface area (Å²) in [6, 6.07) is 0. The number of aromatic nitrogens is 2. The van der Waals surface area contributed by atoms with Crippen LogP contribution in [0.25, 0.3) is 0 Å². The molecule has 0 spiro atoms. The predicted octanol–water partition coefficient (Wildman–Crippen LogP) is 1.45. The molecule has 1 rings (SSSR count). The summed E-state index contributed by atoms with van der Waals surface area (Å²) < 4.78 is 2.93. The number of aryl methyl sites for hydroxylation is 1. The Bertz CT molecular complexity index is 380. The molecule has 1 aromatic rings. The molecule has 0 bridgehead atoms. The van der Waals surface area contributed by atoms with Gasteiger partial charge >= 0.3 is 0 Å². The smallest absolute Gasteiger partial charge is 0.166 e. The van der Waals surface area contributed by atoms with Gasteiger partial charge in [-0.25, -0.2) is 0 Å². The highest BCUT2D eigenvalue weighted by Gasteiger charge is 1.97. The van der Waals surface area contributed by atoms with Crippen molar-refractivity contribution in [3.8, 4) is 0 Å². The summed E-state index contributed by atoms with van der Waals surface area (Å²) in [5.41, 5.74) is 0. The summed E-state index contributed by atoms with van der Waals surface area (Å²) >= 11 is 8.58. The molecule has 1 aromatic heterocycles. The molecule has 0 aromatic carbocycles. The summed E-state index contributed by atoms with van der Waals surface area (Å²) in [5.74, 6) is 0. The SMILES string of the molecule is CN(C)CCCNC(=S)NCCCn1cc(Br)cn1. The van der Waals surface area contributed by atoms with Crippen LogP contribution in [0.5, 0.6) is 0 Å². The Hall–Kier alpha value is -0.660. The maximum atomic E-state index is 5.20. The highest BCUT2D eigenvalue weighted by molar-refractivity contribution is 9.10. The second-order valence-electron chi connectivity index (χ2n) is 4.61. The average molecular weight is 348 g/mol. The third-order valence-electron chi connectivity index (χ3n) is 2.52. The Morgan fingerprint density at radius 3 is 2.63 bits per heavy atom. The van der Waals surface area contributed by atoms with E-state index in [2.05, 4.69) is 50.7 Å². The average Bonchev–Trinajstić information content (AvgIpc) is 2.76. The van der Waals surface area contributed by atoms with Gasteiger partial charge in [-0.05, 0) is 61.6 Å². The van der Waals surface area contributed by atoms with Gasteiger partial charge in [-0.15, -0.1) is 0 Å². The van der Waals surface area contributed by atoms with Crippen LogP contribution < -0.4 is 10.6 Å². The lowest BCUT2D eigenvalue weighted by molar-refractivity contribution is 0.400. The van der Waals surface area contributed by atoms with Crippen LogP contribution in [0.4, 0.5) is 0 Å². The van der Waals surface area contributed by atoms with Gasteiger partial charge < -0.3 is 15.5 Å². The van der Waals surface area contributed by atoms with Crippen LogP contribution >= 0.6 is 28.1 Å². The Balaban J connectivity index is 1.98. The Morgan fingerprint density at radius 2 is 2.05 bits per heavy atom. The van der Waals surface area contributed by atoms with Gasteiger partial charge in [0, 0.05) is 25.8 Å². The van der Waals surface area contributed by atoms with Gasteiger partial charge in [-0.3, -0.25) is 4.68 Å². The van der Waals surface area contributed by atoms with Crippen molar-refractivity contribution in [3.05, 3.63) is 16.9 Å². The van der Waals surface area contributed by atoms with Crippen LogP contribution in [-0.4, -0.2) is 53.5 Å². The van der Waals surface area contributed by atoms with Crippen molar-refractivity contribution < 1.29 is 0 Å². The Morgan fingerprint density at radius 1 is 1.37 bits per heavy atom.